The van der Waals surface area contributed by atoms with Gasteiger partial charge in [-0.1, -0.05) is 0 Å². The summed E-state index contributed by atoms with van der Waals surface area (Å²) in [7, 11) is 1.43. The van der Waals surface area contributed by atoms with E-state index in [1.807, 2.05) is 0 Å². The van der Waals surface area contributed by atoms with Crippen LogP contribution < -0.4 is 4.74 Å². The average molecular weight is 236 g/mol. The minimum atomic E-state index is -1.38. The van der Waals surface area contributed by atoms with Crippen LogP contribution in [0.25, 0.3) is 5.52 Å². The van der Waals surface area contributed by atoms with Gasteiger partial charge in [0, 0.05) is 12.3 Å². The van der Waals surface area contributed by atoms with Crippen LogP contribution in [-0.4, -0.2) is 38.9 Å². The van der Waals surface area contributed by atoms with Crippen molar-refractivity contribution in [3.8, 4) is 5.75 Å². The first-order chi connectivity index (χ1) is 8.04. The predicted molar refractivity (Wildman–Crippen MR) is 55.7 cm³/mol. The van der Waals surface area contributed by atoms with Gasteiger partial charge in [0.1, 0.15) is 11.3 Å². The first-order valence-corrected chi connectivity index (χ1v) is 4.57. The van der Waals surface area contributed by atoms with Crippen LogP contribution in [0.15, 0.2) is 18.3 Å². The van der Waals surface area contributed by atoms with Crippen LogP contribution in [0, 0.1) is 0 Å². The maximum Gasteiger partial charge on any atom is 0.357 e. The van der Waals surface area contributed by atoms with E-state index in [0.717, 1.165) is 0 Å². The molecule has 0 radical (unpaired) electrons. The van der Waals surface area contributed by atoms with Gasteiger partial charge in [0.2, 0.25) is 0 Å². The van der Waals surface area contributed by atoms with Crippen molar-refractivity contribution in [1.29, 1.82) is 0 Å². The number of hydrogen-bond acceptors (Lipinski definition) is 4. The number of carboxylic acid groups (broad SMARTS) is 2. The molecular weight excluding hydrogens is 228 g/mol. The Labute approximate surface area is 94.9 Å². The van der Waals surface area contributed by atoms with E-state index in [1.54, 1.807) is 6.07 Å². The molecule has 0 aromatic carbocycles. The summed E-state index contributed by atoms with van der Waals surface area (Å²) in [6.07, 6.45) is 1.44. The van der Waals surface area contributed by atoms with Gasteiger partial charge in [-0.2, -0.15) is 5.10 Å². The van der Waals surface area contributed by atoms with E-state index in [2.05, 4.69) is 5.10 Å². The number of carbonyl (C=O) groups is 2. The highest BCUT2D eigenvalue weighted by atomic mass is 16.5. The van der Waals surface area contributed by atoms with Crippen LogP contribution in [0.5, 0.6) is 5.75 Å². The Balaban J connectivity index is 2.81. The highest BCUT2D eigenvalue weighted by molar-refractivity contribution is 6.05. The highest BCUT2D eigenvalue weighted by Gasteiger charge is 2.24. The Morgan fingerprint density at radius 3 is 2.59 bits per heavy atom. The summed E-state index contributed by atoms with van der Waals surface area (Å²) in [5, 5.41) is 21.6. The number of rotatable bonds is 3. The normalized spacial score (nSPS) is 10.4. The molecule has 0 aliphatic carbocycles. The molecule has 0 bridgehead atoms. The molecule has 7 nitrogen and oxygen atoms in total. The number of fused-ring (bicyclic) bond motifs is 1. The van der Waals surface area contributed by atoms with Gasteiger partial charge in [-0.25, -0.2) is 14.1 Å². The molecule has 0 saturated heterocycles. The summed E-state index contributed by atoms with van der Waals surface area (Å²) in [4.78, 5) is 21.9. The van der Waals surface area contributed by atoms with Crippen molar-refractivity contribution in [1.82, 2.24) is 9.61 Å². The maximum absolute atomic E-state index is 11.0. The molecular formula is C10H8N2O5. The van der Waals surface area contributed by atoms with Crippen molar-refractivity contribution < 1.29 is 24.5 Å². The van der Waals surface area contributed by atoms with Crippen LogP contribution in [-0.2, 0) is 0 Å². The van der Waals surface area contributed by atoms with Gasteiger partial charge < -0.3 is 14.9 Å². The smallest absolute Gasteiger partial charge is 0.357 e. The minimum Gasteiger partial charge on any atom is -0.497 e. The number of ether oxygens (including phenoxy) is 1. The van der Waals surface area contributed by atoms with Crippen molar-refractivity contribution in [2.24, 2.45) is 0 Å². The molecule has 2 N–H and O–H groups in total. The molecule has 2 rings (SSSR count). The lowest BCUT2D eigenvalue weighted by atomic mass is 10.2. The molecule has 88 valence electrons. The molecule has 0 amide bonds. The second-order valence-corrected chi connectivity index (χ2v) is 3.23. The highest BCUT2D eigenvalue weighted by Crippen LogP contribution is 2.20. The van der Waals surface area contributed by atoms with Crippen molar-refractivity contribution in [2.75, 3.05) is 7.11 Å². The summed E-state index contributed by atoms with van der Waals surface area (Å²) < 4.78 is 6.14. The van der Waals surface area contributed by atoms with Gasteiger partial charge in [0.15, 0.2) is 5.69 Å². The van der Waals surface area contributed by atoms with E-state index in [1.165, 1.54) is 23.9 Å². The largest absolute Gasteiger partial charge is 0.497 e. The molecule has 0 aliphatic heterocycles. The van der Waals surface area contributed by atoms with E-state index in [9.17, 15) is 9.59 Å². The topological polar surface area (TPSA) is 101 Å². The van der Waals surface area contributed by atoms with Crippen molar-refractivity contribution in [3.63, 3.8) is 0 Å². The van der Waals surface area contributed by atoms with E-state index in [0.29, 0.717) is 5.75 Å². The fraction of sp³-hybridized carbons (Fsp3) is 0.100. The van der Waals surface area contributed by atoms with Gasteiger partial charge >= 0.3 is 11.9 Å². The van der Waals surface area contributed by atoms with E-state index >= 15 is 0 Å². The molecule has 7 heteroatoms. The maximum atomic E-state index is 11.0. The SMILES string of the molecule is COc1ccn2nc(C(=O)O)c(C(=O)O)c2c1. The molecule has 17 heavy (non-hydrogen) atoms. The molecule has 0 atom stereocenters. The summed E-state index contributed by atoms with van der Waals surface area (Å²) in [6, 6.07) is 2.97. The van der Waals surface area contributed by atoms with Crippen LogP contribution in [0.2, 0.25) is 0 Å². The number of hydrogen-bond donors (Lipinski definition) is 2. The molecule has 0 spiro atoms. The van der Waals surface area contributed by atoms with Gasteiger partial charge in [0.25, 0.3) is 0 Å². The molecule has 2 aromatic heterocycles. The fourth-order valence-corrected chi connectivity index (χ4v) is 1.51. The molecule has 2 heterocycles. The first-order valence-electron chi connectivity index (χ1n) is 4.57. The number of aromatic carboxylic acids is 2. The lowest BCUT2D eigenvalue weighted by Gasteiger charge is -1.99. The number of aromatic nitrogens is 2. The molecule has 0 saturated carbocycles. The first kappa shape index (κ1) is 10.9. The summed E-state index contributed by atoms with van der Waals surface area (Å²) >= 11 is 0. The molecule has 2 aromatic rings. The standard InChI is InChI=1S/C10H8N2O5/c1-17-5-2-3-12-6(4-5)7(9(13)14)8(11-12)10(15)16/h2-4H,1H3,(H,13,14)(H,15,16). The summed E-state index contributed by atoms with van der Waals surface area (Å²) in [5.74, 6) is -2.30. The van der Waals surface area contributed by atoms with Crippen LogP contribution in [0.4, 0.5) is 0 Å². The molecule has 0 fully saturated rings. The lowest BCUT2D eigenvalue weighted by molar-refractivity contribution is 0.0649. The Kier molecular flexibility index (Phi) is 2.43. The third-order valence-corrected chi connectivity index (χ3v) is 2.26. The average Bonchev–Trinajstić information content (AvgIpc) is 2.66. The number of pyridine rings is 1. The zero-order chi connectivity index (χ0) is 12.6. The van der Waals surface area contributed by atoms with Gasteiger partial charge in [-0.3, -0.25) is 0 Å². The van der Waals surface area contributed by atoms with Gasteiger partial charge in [-0.15, -0.1) is 0 Å². The Bertz CT molecular complexity index is 616. The number of carboxylic acids is 2. The Morgan fingerprint density at radius 2 is 2.06 bits per heavy atom. The van der Waals surface area contributed by atoms with Crippen LogP contribution in [0.1, 0.15) is 20.8 Å². The third-order valence-electron chi connectivity index (χ3n) is 2.26. The Morgan fingerprint density at radius 1 is 1.35 bits per heavy atom. The quantitative estimate of drug-likeness (QED) is 0.814. The zero-order valence-corrected chi connectivity index (χ0v) is 8.75. The second-order valence-electron chi connectivity index (χ2n) is 3.23. The lowest BCUT2D eigenvalue weighted by Crippen LogP contribution is -2.06. The van der Waals surface area contributed by atoms with Crippen molar-refractivity contribution in [3.05, 3.63) is 29.6 Å². The van der Waals surface area contributed by atoms with Crippen molar-refractivity contribution in [2.45, 2.75) is 0 Å². The predicted octanol–water partition coefficient (Wildman–Crippen LogP) is 0.739. The van der Waals surface area contributed by atoms with Crippen LogP contribution >= 0.6 is 0 Å². The van der Waals surface area contributed by atoms with E-state index < -0.39 is 17.6 Å². The third kappa shape index (κ3) is 1.67. The fourth-order valence-electron chi connectivity index (χ4n) is 1.51. The van der Waals surface area contributed by atoms with Crippen LogP contribution in [0.3, 0.4) is 0 Å². The zero-order valence-electron chi connectivity index (χ0n) is 8.75. The van der Waals surface area contributed by atoms with E-state index in [-0.39, 0.29) is 11.1 Å². The summed E-state index contributed by atoms with van der Waals surface area (Å²) in [5.41, 5.74) is -0.670. The molecule has 0 aliphatic rings. The molecule has 0 unspecified atom stereocenters. The second kappa shape index (κ2) is 3.78. The van der Waals surface area contributed by atoms with Gasteiger partial charge in [-0.05, 0) is 6.07 Å². The number of methoxy groups -OCH3 is 1. The number of nitrogens with zero attached hydrogens (tertiary/aromatic N) is 2. The monoisotopic (exact) mass is 236 g/mol. The minimum absolute atomic E-state index is 0.175. The van der Waals surface area contributed by atoms with Gasteiger partial charge in [0.05, 0.1) is 12.6 Å². The summed E-state index contributed by atoms with van der Waals surface area (Å²) in [6.45, 7) is 0. The van der Waals surface area contributed by atoms with Crippen molar-refractivity contribution >= 4 is 17.5 Å². The van der Waals surface area contributed by atoms with E-state index in [4.69, 9.17) is 14.9 Å². The Hall–Kier alpha value is -2.57.